The number of carbonyl (C=O) groups is 1. The van der Waals surface area contributed by atoms with Crippen molar-refractivity contribution in [2.75, 3.05) is 13.7 Å². The molecule has 0 radical (unpaired) electrons. The summed E-state index contributed by atoms with van der Waals surface area (Å²) < 4.78 is 9.54. The van der Waals surface area contributed by atoms with E-state index in [1.165, 1.54) is 22.0 Å². The van der Waals surface area contributed by atoms with E-state index < -0.39 is 0 Å². The average Bonchev–Trinajstić information content (AvgIpc) is 3.41. The van der Waals surface area contributed by atoms with E-state index in [2.05, 4.69) is 64.6 Å². The molecule has 0 saturated heterocycles. The Balaban J connectivity index is 1.24. The molecule has 0 saturated carbocycles. The molecule has 0 aliphatic heterocycles. The predicted molar refractivity (Wildman–Crippen MR) is 133 cm³/mol. The maximum absolute atomic E-state index is 12.6. The van der Waals surface area contributed by atoms with Gasteiger partial charge in [0.1, 0.15) is 12.3 Å². The molecule has 0 aliphatic carbocycles. The molecule has 0 atom stereocenters. The van der Waals surface area contributed by atoms with Crippen LogP contribution in [0, 0.1) is 0 Å². The molecular formula is C28H27N3O2. The van der Waals surface area contributed by atoms with Gasteiger partial charge in [0, 0.05) is 47.3 Å². The number of nitrogens with one attached hydrogen (secondary N) is 1. The van der Waals surface area contributed by atoms with Crippen LogP contribution in [0.2, 0.25) is 0 Å². The highest BCUT2D eigenvalue weighted by Gasteiger charge is 2.10. The number of nitrogens with zero attached hydrogens (tertiary/aromatic N) is 2. The number of amides is 1. The number of ether oxygens (including phenoxy) is 1. The topological polar surface area (TPSA) is 48.2 Å². The van der Waals surface area contributed by atoms with Crippen molar-refractivity contribution in [3.05, 3.63) is 102 Å². The Morgan fingerprint density at radius 2 is 1.73 bits per heavy atom. The summed E-state index contributed by atoms with van der Waals surface area (Å²) in [5, 5.41) is 5.39. The highest BCUT2D eigenvalue weighted by Crippen LogP contribution is 2.23. The van der Waals surface area contributed by atoms with Crippen LogP contribution in [0.25, 0.3) is 21.8 Å². The second-order valence-electron chi connectivity index (χ2n) is 8.25. The summed E-state index contributed by atoms with van der Waals surface area (Å²) >= 11 is 0. The van der Waals surface area contributed by atoms with Gasteiger partial charge < -0.3 is 19.2 Å². The maximum atomic E-state index is 12.6. The number of para-hydroxylation sites is 1. The number of aromatic nitrogens is 2. The number of rotatable bonds is 8. The maximum Gasteiger partial charge on any atom is 0.239 e. The van der Waals surface area contributed by atoms with Crippen LogP contribution < -0.4 is 10.1 Å². The lowest BCUT2D eigenvalue weighted by molar-refractivity contribution is -0.121. The van der Waals surface area contributed by atoms with Gasteiger partial charge in [-0.1, -0.05) is 48.5 Å². The van der Waals surface area contributed by atoms with E-state index in [0.717, 1.165) is 29.6 Å². The minimum Gasteiger partial charge on any atom is -0.497 e. The van der Waals surface area contributed by atoms with E-state index in [9.17, 15) is 4.79 Å². The SMILES string of the molecule is COc1ccc2c(ccn2CC(=O)NCCc2cn(Cc3ccccc3)c3ccccc23)c1. The molecule has 5 heteroatoms. The molecule has 0 unspecified atom stereocenters. The highest BCUT2D eigenvalue weighted by molar-refractivity contribution is 5.85. The predicted octanol–water partition coefficient (Wildman–Crippen LogP) is 5.01. The van der Waals surface area contributed by atoms with Crippen molar-refractivity contribution >= 4 is 27.7 Å². The van der Waals surface area contributed by atoms with Crippen LogP contribution in [0.3, 0.4) is 0 Å². The summed E-state index contributed by atoms with van der Waals surface area (Å²) in [6.45, 7) is 1.73. The van der Waals surface area contributed by atoms with Crippen LogP contribution in [0.4, 0.5) is 0 Å². The molecule has 2 heterocycles. The highest BCUT2D eigenvalue weighted by atomic mass is 16.5. The van der Waals surface area contributed by atoms with Gasteiger partial charge in [-0.3, -0.25) is 4.79 Å². The number of fused-ring (bicyclic) bond motifs is 2. The quantitative estimate of drug-likeness (QED) is 0.371. The summed E-state index contributed by atoms with van der Waals surface area (Å²) in [7, 11) is 1.66. The average molecular weight is 438 g/mol. The lowest BCUT2D eigenvalue weighted by Crippen LogP contribution is -2.29. The third-order valence-electron chi connectivity index (χ3n) is 6.08. The standard InChI is InChI=1S/C28H27N3O2/c1-33-24-11-12-26-22(17-24)14-16-30(26)20-28(32)29-15-13-23-19-31(18-21-7-3-2-4-8-21)27-10-6-5-9-25(23)27/h2-12,14,16-17,19H,13,15,18,20H2,1H3,(H,29,32). The molecule has 5 rings (SSSR count). The zero-order valence-electron chi connectivity index (χ0n) is 18.7. The zero-order chi connectivity index (χ0) is 22.6. The van der Waals surface area contributed by atoms with Gasteiger partial charge >= 0.3 is 0 Å². The molecule has 0 spiro atoms. The van der Waals surface area contributed by atoms with E-state index in [-0.39, 0.29) is 5.91 Å². The number of hydrogen-bond acceptors (Lipinski definition) is 2. The largest absolute Gasteiger partial charge is 0.497 e. The number of carbonyl (C=O) groups excluding carboxylic acids is 1. The second-order valence-corrected chi connectivity index (χ2v) is 8.25. The lowest BCUT2D eigenvalue weighted by atomic mass is 10.1. The molecule has 0 aliphatic rings. The van der Waals surface area contributed by atoms with Gasteiger partial charge in [0.2, 0.25) is 5.91 Å². The Labute approximate surface area is 193 Å². The van der Waals surface area contributed by atoms with Gasteiger partial charge in [-0.2, -0.15) is 0 Å². The minimum absolute atomic E-state index is 0.0105. The summed E-state index contributed by atoms with van der Waals surface area (Å²) in [5.41, 5.74) is 4.77. The molecule has 3 aromatic carbocycles. The summed E-state index contributed by atoms with van der Waals surface area (Å²) in [6.07, 6.45) is 4.95. The molecule has 166 valence electrons. The van der Waals surface area contributed by atoms with E-state index in [1.54, 1.807) is 7.11 Å². The van der Waals surface area contributed by atoms with Gasteiger partial charge in [0.05, 0.1) is 7.11 Å². The molecule has 1 N–H and O–H groups in total. The van der Waals surface area contributed by atoms with Gasteiger partial charge in [-0.25, -0.2) is 0 Å². The fourth-order valence-electron chi connectivity index (χ4n) is 4.42. The Kier molecular flexibility index (Phi) is 5.85. The van der Waals surface area contributed by atoms with Crippen LogP contribution in [0.15, 0.2) is 91.3 Å². The van der Waals surface area contributed by atoms with Crippen molar-refractivity contribution in [2.24, 2.45) is 0 Å². The van der Waals surface area contributed by atoms with Gasteiger partial charge in [0.15, 0.2) is 0 Å². The van der Waals surface area contributed by atoms with Crippen molar-refractivity contribution in [1.82, 2.24) is 14.5 Å². The van der Waals surface area contributed by atoms with Gasteiger partial charge in [-0.15, -0.1) is 0 Å². The molecule has 5 nitrogen and oxygen atoms in total. The van der Waals surface area contributed by atoms with Crippen LogP contribution >= 0.6 is 0 Å². The third kappa shape index (κ3) is 4.48. The monoisotopic (exact) mass is 437 g/mol. The Morgan fingerprint density at radius 3 is 2.58 bits per heavy atom. The molecule has 1 amide bonds. The van der Waals surface area contributed by atoms with Crippen LogP contribution in [0.5, 0.6) is 5.75 Å². The van der Waals surface area contributed by atoms with Crippen LogP contribution in [-0.2, 0) is 24.3 Å². The molecule has 5 aromatic rings. The van der Waals surface area contributed by atoms with E-state index in [0.29, 0.717) is 13.1 Å². The van der Waals surface area contributed by atoms with Crippen molar-refractivity contribution in [3.63, 3.8) is 0 Å². The first-order chi connectivity index (χ1) is 16.2. The van der Waals surface area contributed by atoms with E-state index in [4.69, 9.17) is 4.74 Å². The minimum atomic E-state index is 0.0105. The van der Waals surface area contributed by atoms with Crippen LogP contribution in [-0.4, -0.2) is 28.7 Å². The molecular weight excluding hydrogens is 410 g/mol. The molecule has 0 bridgehead atoms. The summed E-state index contributed by atoms with van der Waals surface area (Å²) in [4.78, 5) is 12.6. The molecule has 0 fully saturated rings. The van der Waals surface area contributed by atoms with E-state index in [1.807, 2.05) is 41.1 Å². The third-order valence-corrected chi connectivity index (χ3v) is 6.08. The van der Waals surface area contributed by atoms with Crippen molar-refractivity contribution in [3.8, 4) is 5.75 Å². The number of methoxy groups -OCH3 is 1. The smallest absolute Gasteiger partial charge is 0.239 e. The fourth-order valence-corrected chi connectivity index (χ4v) is 4.42. The zero-order valence-corrected chi connectivity index (χ0v) is 18.7. The van der Waals surface area contributed by atoms with Gasteiger partial charge in [-0.05, 0) is 47.9 Å². The lowest BCUT2D eigenvalue weighted by Gasteiger charge is -2.08. The van der Waals surface area contributed by atoms with E-state index >= 15 is 0 Å². The fraction of sp³-hybridized carbons (Fsp3) is 0.179. The van der Waals surface area contributed by atoms with Crippen molar-refractivity contribution in [1.29, 1.82) is 0 Å². The Hall–Kier alpha value is -3.99. The second kappa shape index (κ2) is 9.25. The Morgan fingerprint density at radius 1 is 0.909 bits per heavy atom. The van der Waals surface area contributed by atoms with Crippen molar-refractivity contribution in [2.45, 2.75) is 19.5 Å². The first-order valence-electron chi connectivity index (χ1n) is 11.2. The van der Waals surface area contributed by atoms with Gasteiger partial charge in [0.25, 0.3) is 0 Å². The summed E-state index contributed by atoms with van der Waals surface area (Å²) in [5.74, 6) is 0.826. The molecule has 2 aromatic heterocycles. The first kappa shape index (κ1) is 20.9. The summed E-state index contributed by atoms with van der Waals surface area (Å²) in [6, 6.07) is 26.8. The Bertz CT molecular complexity index is 1400. The van der Waals surface area contributed by atoms with Crippen molar-refractivity contribution < 1.29 is 9.53 Å². The number of benzene rings is 3. The molecule has 33 heavy (non-hydrogen) atoms. The number of hydrogen-bond donors (Lipinski definition) is 1. The first-order valence-corrected chi connectivity index (χ1v) is 11.2. The van der Waals surface area contributed by atoms with Crippen LogP contribution in [0.1, 0.15) is 11.1 Å². The normalized spacial score (nSPS) is 11.2.